The van der Waals surface area contributed by atoms with Crippen LogP contribution in [0.2, 0.25) is 0 Å². The summed E-state index contributed by atoms with van der Waals surface area (Å²) < 4.78 is 0. The number of rotatable bonds is 2. The third kappa shape index (κ3) is 1.61. The maximum atomic E-state index is 5.89. The second-order valence-electron chi connectivity index (χ2n) is 3.47. The molecule has 0 amide bonds. The van der Waals surface area contributed by atoms with E-state index < -0.39 is 0 Å². The molecular weight excluding hydrogens is 178 g/mol. The monoisotopic (exact) mass is 193 g/mol. The first-order valence-electron chi connectivity index (χ1n) is 4.86. The first kappa shape index (κ1) is 9.51. The molecule has 0 saturated carbocycles. The summed E-state index contributed by atoms with van der Waals surface area (Å²) in [6.07, 6.45) is 4.49. The van der Waals surface area contributed by atoms with Crippen LogP contribution in [-0.2, 0) is 0 Å². The molecule has 0 aromatic carbocycles. The summed E-state index contributed by atoms with van der Waals surface area (Å²) >= 11 is 0. The summed E-state index contributed by atoms with van der Waals surface area (Å²) in [4.78, 5) is 8.45. The standard InChI is InChI=1S/C9H15N5/c1-2-6-7(13-14-8(6)10)9-11-4-3-5-12-9/h3-8,13-14H,2,10H2,1H3. The molecule has 3 unspecified atom stereocenters. The van der Waals surface area contributed by atoms with Gasteiger partial charge in [-0.15, -0.1) is 0 Å². The van der Waals surface area contributed by atoms with Gasteiger partial charge in [0.1, 0.15) is 5.82 Å². The van der Waals surface area contributed by atoms with Crippen molar-refractivity contribution in [2.45, 2.75) is 25.6 Å². The van der Waals surface area contributed by atoms with Crippen LogP contribution in [0.3, 0.4) is 0 Å². The van der Waals surface area contributed by atoms with Crippen LogP contribution in [0.25, 0.3) is 0 Å². The zero-order valence-electron chi connectivity index (χ0n) is 8.14. The molecule has 1 aliphatic heterocycles. The zero-order chi connectivity index (χ0) is 9.97. The molecule has 3 atom stereocenters. The molecule has 0 radical (unpaired) electrons. The molecule has 1 aromatic rings. The molecule has 5 nitrogen and oxygen atoms in total. The Kier molecular flexibility index (Phi) is 2.72. The molecule has 1 saturated heterocycles. The van der Waals surface area contributed by atoms with Gasteiger partial charge < -0.3 is 5.73 Å². The van der Waals surface area contributed by atoms with Crippen molar-refractivity contribution in [3.05, 3.63) is 24.3 Å². The van der Waals surface area contributed by atoms with Crippen LogP contribution >= 0.6 is 0 Å². The smallest absolute Gasteiger partial charge is 0.146 e. The number of hydrogen-bond acceptors (Lipinski definition) is 5. The van der Waals surface area contributed by atoms with Gasteiger partial charge >= 0.3 is 0 Å². The van der Waals surface area contributed by atoms with Crippen molar-refractivity contribution < 1.29 is 0 Å². The predicted octanol–water partition coefficient (Wildman–Crippen LogP) is -0.0635. The average molecular weight is 193 g/mol. The van der Waals surface area contributed by atoms with Crippen LogP contribution in [0, 0.1) is 5.92 Å². The van der Waals surface area contributed by atoms with E-state index in [2.05, 4.69) is 27.7 Å². The van der Waals surface area contributed by atoms with Crippen molar-refractivity contribution in [3.63, 3.8) is 0 Å². The Morgan fingerprint density at radius 3 is 2.71 bits per heavy atom. The molecule has 4 N–H and O–H groups in total. The van der Waals surface area contributed by atoms with Crippen LogP contribution in [0.15, 0.2) is 18.5 Å². The lowest BCUT2D eigenvalue weighted by molar-refractivity contribution is 0.399. The number of hydrogen-bond donors (Lipinski definition) is 3. The molecule has 0 bridgehead atoms. The minimum Gasteiger partial charge on any atom is -0.315 e. The molecule has 2 heterocycles. The van der Waals surface area contributed by atoms with Crippen molar-refractivity contribution in [1.82, 2.24) is 20.8 Å². The Morgan fingerprint density at radius 2 is 2.07 bits per heavy atom. The maximum absolute atomic E-state index is 5.89. The molecule has 1 aromatic heterocycles. The van der Waals surface area contributed by atoms with E-state index in [1.54, 1.807) is 12.4 Å². The van der Waals surface area contributed by atoms with Gasteiger partial charge in [-0.3, -0.25) is 0 Å². The minimum absolute atomic E-state index is 0.0196. The molecule has 5 heteroatoms. The van der Waals surface area contributed by atoms with Crippen molar-refractivity contribution in [1.29, 1.82) is 0 Å². The van der Waals surface area contributed by atoms with Gasteiger partial charge in [0.2, 0.25) is 0 Å². The number of hydrazine groups is 1. The number of aromatic nitrogens is 2. The highest BCUT2D eigenvalue weighted by molar-refractivity contribution is 5.02. The normalized spacial score (nSPS) is 32.0. The van der Waals surface area contributed by atoms with Crippen LogP contribution in [0.4, 0.5) is 0 Å². The van der Waals surface area contributed by atoms with E-state index in [4.69, 9.17) is 5.73 Å². The fourth-order valence-electron chi connectivity index (χ4n) is 1.82. The molecule has 14 heavy (non-hydrogen) atoms. The highest BCUT2D eigenvalue weighted by Gasteiger charge is 2.34. The lowest BCUT2D eigenvalue weighted by atomic mass is 9.96. The van der Waals surface area contributed by atoms with Gasteiger partial charge in [-0.25, -0.2) is 20.8 Å². The molecule has 1 fully saturated rings. The lowest BCUT2D eigenvalue weighted by Crippen LogP contribution is -2.39. The number of nitrogens with zero attached hydrogens (tertiary/aromatic N) is 2. The van der Waals surface area contributed by atoms with E-state index in [-0.39, 0.29) is 12.2 Å². The quantitative estimate of drug-likeness (QED) is 0.613. The van der Waals surface area contributed by atoms with Gasteiger partial charge in [0.25, 0.3) is 0 Å². The Labute approximate surface area is 83.1 Å². The highest BCUT2D eigenvalue weighted by Crippen LogP contribution is 2.26. The average Bonchev–Trinajstić information content (AvgIpc) is 2.61. The van der Waals surface area contributed by atoms with Gasteiger partial charge in [0, 0.05) is 18.3 Å². The second-order valence-corrected chi connectivity index (χ2v) is 3.47. The van der Waals surface area contributed by atoms with Gasteiger partial charge in [0.05, 0.1) is 12.2 Å². The third-order valence-corrected chi connectivity index (χ3v) is 2.63. The lowest BCUT2D eigenvalue weighted by Gasteiger charge is -2.17. The molecule has 0 aliphatic carbocycles. The fourth-order valence-corrected chi connectivity index (χ4v) is 1.82. The van der Waals surface area contributed by atoms with Crippen LogP contribution in [0.1, 0.15) is 25.2 Å². The van der Waals surface area contributed by atoms with Crippen LogP contribution < -0.4 is 16.6 Å². The van der Waals surface area contributed by atoms with Crippen molar-refractivity contribution in [3.8, 4) is 0 Å². The second kappa shape index (κ2) is 4.00. The van der Waals surface area contributed by atoms with Gasteiger partial charge in [-0.05, 0) is 12.5 Å². The summed E-state index contributed by atoms with van der Waals surface area (Å²) in [5.74, 6) is 1.15. The van der Waals surface area contributed by atoms with Crippen molar-refractivity contribution in [2.75, 3.05) is 0 Å². The SMILES string of the molecule is CCC1C(N)NNC1c1ncccn1. The van der Waals surface area contributed by atoms with E-state index >= 15 is 0 Å². The summed E-state index contributed by atoms with van der Waals surface area (Å²) in [6.45, 7) is 2.12. The topological polar surface area (TPSA) is 75.9 Å². The molecular formula is C9H15N5. The van der Waals surface area contributed by atoms with Crippen molar-refractivity contribution in [2.24, 2.45) is 11.7 Å². The summed E-state index contributed by atoms with van der Waals surface area (Å²) in [5, 5.41) is 0. The first-order chi connectivity index (χ1) is 6.83. The zero-order valence-corrected chi connectivity index (χ0v) is 8.14. The number of nitrogens with two attached hydrogens (primary N) is 1. The van der Waals surface area contributed by atoms with E-state index in [9.17, 15) is 0 Å². The van der Waals surface area contributed by atoms with Gasteiger partial charge in [-0.1, -0.05) is 6.92 Å². The Morgan fingerprint density at radius 1 is 1.36 bits per heavy atom. The Balaban J connectivity index is 2.19. The number of nitrogens with one attached hydrogen (secondary N) is 2. The Bertz CT molecular complexity index is 289. The third-order valence-electron chi connectivity index (χ3n) is 2.63. The van der Waals surface area contributed by atoms with E-state index in [0.717, 1.165) is 12.2 Å². The predicted molar refractivity (Wildman–Crippen MR) is 52.8 cm³/mol. The minimum atomic E-state index is -0.0196. The first-order valence-corrected chi connectivity index (χ1v) is 4.86. The van der Waals surface area contributed by atoms with E-state index in [1.807, 2.05) is 6.07 Å². The largest absolute Gasteiger partial charge is 0.315 e. The van der Waals surface area contributed by atoms with Crippen molar-refractivity contribution >= 4 is 0 Å². The van der Waals surface area contributed by atoms with Gasteiger partial charge in [0.15, 0.2) is 0 Å². The maximum Gasteiger partial charge on any atom is 0.146 e. The molecule has 2 rings (SSSR count). The fraction of sp³-hybridized carbons (Fsp3) is 0.556. The van der Waals surface area contributed by atoms with Crippen LogP contribution in [-0.4, -0.2) is 16.1 Å². The van der Waals surface area contributed by atoms with Gasteiger partial charge in [-0.2, -0.15) is 0 Å². The summed E-state index contributed by atoms with van der Waals surface area (Å²) in [5.41, 5.74) is 12.0. The molecule has 1 aliphatic rings. The van der Waals surface area contributed by atoms with E-state index in [1.165, 1.54) is 0 Å². The molecule has 76 valence electrons. The van der Waals surface area contributed by atoms with Crippen LogP contribution in [0.5, 0.6) is 0 Å². The summed E-state index contributed by atoms with van der Waals surface area (Å²) in [6, 6.07) is 1.93. The summed E-state index contributed by atoms with van der Waals surface area (Å²) in [7, 11) is 0. The highest BCUT2D eigenvalue weighted by atomic mass is 15.5. The Hall–Kier alpha value is -1.04. The van der Waals surface area contributed by atoms with E-state index in [0.29, 0.717) is 5.92 Å². The molecule has 0 spiro atoms.